The molecule has 0 heterocycles. The molecule has 1 unspecified atom stereocenters. The van der Waals surface area contributed by atoms with Crippen LogP contribution in [0.5, 0.6) is 0 Å². The predicted octanol–water partition coefficient (Wildman–Crippen LogP) is 4.37. The SMILES string of the molecule is C=C/C=C(C)\C(=C/C)N=C(NC#N)C(C)Cc1ccccc1. The summed E-state index contributed by atoms with van der Waals surface area (Å²) in [7, 11) is 0. The van der Waals surface area contributed by atoms with E-state index in [1.807, 2.05) is 50.4 Å². The van der Waals surface area contributed by atoms with Gasteiger partial charge in [-0.3, -0.25) is 5.32 Å². The predicted molar refractivity (Wildman–Crippen MR) is 93.2 cm³/mol. The van der Waals surface area contributed by atoms with Crippen LogP contribution in [0, 0.1) is 17.4 Å². The first-order chi connectivity index (χ1) is 10.6. The summed E-state index contributed by atoms with van der Waals surface area (Å²) in [5.74, 6) is 0.796. The highest BCUT2D eigenvalue weighted by Gasteiger charge is 2.12. The minimum Gasteiger partial charge on any atom is -0.280 e. The average molecular weight is 293 g/mol. The van der Waals surface area contributed by atoms with Crippen molar-refractivity contribution in [1.82, 2.24) is 5.32 Å². The molecule has 1 aromatic carbocycles. The zero-order chi connectivity index (χ0) is 16.4. The van der Waals surface area contributed by atoms with Crippen LogP contribution in [0.25, 0.3) is 0 Å². The Hall–Kier alpha value is -2.60. The Labute approximate surface area is 133 Å². The van der Waals surface area contributed by atoms with Gasteiger partial charge in [-0.05, 0) is 31.4 Å². The Morgan fingerprint density at radius 3 is 2.64 bits per heavy atom. The number of aliphatic imine (C=N–C) groups is 1. The molecular formula is C19H23N3. The molecule has 3 nitrogen and oxygen atoms in total. The van der Waals surface area contributed by atoms with E-state index in [1.54, 1.807) is 6.08 Å². The van der Waals surface area contributed by atoms with Crippen molar-refractivity contribution < 1.29 is 0 Å². The third-order valence-electron chi connectivity index (χ3n) is 3.32. The second-order valence-corrected chi connectivity index (χ2v) is 5.08. The van der Waals surface area contributed by atoms with E-state index in [0.29, 0.717) is 5.84 Å². The fourth-order valence-electron chi connectivity index (χ4n) is 2.16. The van der Waals surface area contributed by atoms with Crippen LogP contribution < -0.4 is 5.32 Å². The molecule has 1 aromatic rings. The van der Waals surface area contributed by atoms with Crippen LogP contribution in [0.4, 0.5) is 0 Å². The molecule has 0 amide bonds. The van der Waals surface area contributed by atoms with E-state index in [9.17, 15) is 0 Å². The molecule has 3 heteroatoms. The minimum atomic E-state index is 0.119. The molecule has 0 spiro atoms. The summed E-state index contributed by atoms with van der Waals surface area (Å²) in [5.41, 5.74) is 3.09. The van der Waals surface area contributed by atoms with E-state index in [0.717, 1.165) is 17.7 Å². The second-order valence-electron chi connectivity index (χ2n) is 5.08. The summed E-state index contributed by atoms with van der Waals surface area (Å²) < 4.78 is 0. The van der Waals surface area contributed by atoms with E-state index < -0.39 is 0 Å². The lowest BCUT2D eigenvalue weighted by atomic mass is 10.00. The Kier molecular flexibility index (Phi) is 7.42. The molecule has 114 valence electrons. The number of rotatable bonds is 6. The van der Waals surface area contributed by atoms with Gasteiger partial charge < -0.3 is 0 Å². The number of nitrogens with zero attached hydrogens (tertiary/aromatic N) is 2. The van der Waals surface area contributed by atoms with E-state index in [-0.39, 0.29) is 5.92 Å². The van der Waals surface area contributed by atoms with Gasteiger partial charge in [0.25, 0.3) is 0 Å². The first-order valence-electron chi connectivity index (χ1n) is 7.36. The van der Waals surface area contributed by atoms with Crippen LogP contribution in [-0.4, -0.2) is 5.84 Å². The molecule has 0 saturated heterocycles. The van der Waals surface area contributed by atoms with Crippen LogP contribution in [0.2, 0.25) is 0 Å². The number of nitriles is 1. The quantitative estimate of drug-likeness (QED) is 0.278. The fourth-order valence-corrected chi connectivity index (χ4v) is 2.16. The Morgan fingerprint density at radius 1 is 1.41 bits per heavy atom. The summed E-state index contributed by atoms with van der Waals surface area (Å²) >= 11 is 0. The number of hydrogen-bond donors (Lipinski definition) is 1. The van der Waals surface area contributed by atoms with Gasteiger partial charge in [-0.15, -0.1) is 0 Å². The first-order valence-corrected chi connectivity index (χ1v) is 7.36. The fraction of sp³-hybridized carbons (Fsp3) is 0.263. The molecule has 1 rings (SSSR count). The highest BCUT2D eigenvalue weighted by molar-refractivity contribution is 5.87. The lowest BCUT2D eigenvalue weighted by Gasteiger charge is -2.14. The van der Waals surface area contributed by atoms with Crippen LogP contribution in [0.15, 0.2) is 71.4 Å². The number of amidine groups is 1. The summed E-state index contributed by atoms with van der Waals surface area (Å²) in [4.78, 5) is 4.63. The van der Waals surface area contributed by atoms with Gasteiger partial charge >= 0.3 is 0 Å². The molecule has 0 aliphatic rings. The highest BCUT2D eigenvalue weighted by atomic mass is 15.0. The summed E-state index contributed by atoms with van der Waals surface area (Å²) in [6.07, 6.45) is 8.39. The van der Waals surface area contributed by atoms with E-state index >= 15 is 0 Å². The lowest BCUT2D eigenvalue weighted by Crippen LogP contribution is -2.27. The molecule has 1 atom stereocenters. The Balaban J connectivity index is 3.01. The van der Waals surface area contributed by atoms with E-state index in [4.69, 9.17) is 5.26 Å². The third-order valence-corrected chi connectivity index (χ3v) is 3.32. The van der Waals surface area contributed by atoms with E-state index in [1.165, 1.54) is 5.56 Å². The Morgan fingerprint density at radius 2 is 2.09 bits per heavy atom. The monoisotopic (exact) mass is 293 g/mol. The van der Waals surface area contributed by atoms with Gasteiger partial charge in [0, 0.05) is 5.92 Å². The largest absolute Gasteiger partial charge is 0.280 e. The molecule has 0 aromatic heterocycles. The van der Waals surface area contributed by atoms with E-state index in [2.05, 4.69) is 35.9 Å². The van der Waals surface area contributed by atoms with Crippen molar-refractivity contribution in [3.8, 4) is 6.19 Å². The van der Waals surface area contributed by atoms with Crippen molar-refractivity contribution in [3.63, 3.8) is 0 Å². The molecule has 0 aliphatic heterocycles. The average Bonchev–Trinajstić information content (AvgIpc) is 2.52. The van der Waals surface area contributed by atoms with Crippen molar-refractivity contribution in [2.45, 2.75) is 27.2 Å². The lowest BCUT2D eigenvalue weighted by molar-refractivity contribution is 0.745. The minimum absolute atomic E-state index is 0.119. The topological polar surface area (TPSA) is 48.2 Å². The van der Waals surface area contributed by atoms with Crippen LogP contribution in [0.1, 0.15) is 26.3 Å². The van der Waals surface area contributed by atoms with Gasteiger partial charge in [-0.25, -0.2) is 4.99 Å². The van der Waals surface area contributed by atoms with Gasteiger partial charge in [0.15, 0.2) is 6.19 Å². The normalized spacial score (nSPS) is 14.2. The number of benzene rings is 1. The maximum Gasteiger partial charge on any atom is 0.182 e. The molecule has 1 N–H and O–H groups in total. The van der Waals surface area contributed by atoms with Crippen molar-refractivity contribution >= 4 is 5.84 Å². The summed E-state index contributed by atoms with van der Waals surface area (Å²) in [6, 6.07) is 10.2. The number of hydrogen-bond acceptors (Lipinski definition) is 2. The van der Waals surface area contributed by atoms with Gasteiger partial charge in [0.05, 0.1) is 5.70 Å². The second kappa shape index (κ2) is 9.36. The number of nitrogens with one attached hydrogen (secondary N) is 1. The van der Waals surface area contributed by atoms with Gasteiger partial charge in [0.1, 0.15) is 5.84 Å². The zero-order valence-electron chi connectivity index (χ0n) is 13.5. The van der Waals surface area contributed by atoms with Crippen LogP contribution in [-0.2, 0) is 6.42 Å². The van der Waals surface area contributed by atoms with Gasteiger partial charge in [-0.2, -0.15) is 5.26 Å². The molecule has 0 saturated carbocycles. The number of allylic oxidation sites excluding steroid dienone is 4. The van der Waals surface area contributed by atoms with Crippen molar-refractivity contribution in [2.75, 3.05) is 0 Å². The maximum atomic E-state index is 8.99. The zero-order valence-corrected chi connectivity index (χ0v) is 13.5. The smallest absolute Gasteiger partial charge is 0.182 e. The van der Waals surface area contributed by atoms with Crippen LogP contribution >= 0.6 is 0 Å². The maximum absolute atomic E-state index is 8.99. The Bertz CT molecular complexity index is 616. The third kappa shape index (κ3) is 5.41. The summed E-state index contributed by atoms with van der Waals surface area (Å²) in [6.45, 7) is 9.68. The van der Waals surface area contributed by atoms with Gasteiger partial charge in [0.2, 0.25) is 0 Å². The summed E-state index contributed by atoms with van der Waals surface area (Å²) in [5, 5.41) is 11.7. The van der Waals surface area contributed by atoms with Gasteiger partial charge in [-0.1, -0.05) is 62.1 Å². The molecule has 0 bridgehead atoms. The standard InChI is InChI=1S/C19H23N3/c1-5-10-15(3)18(6-2)22-19(21-14-20)16(4)13-17-11-8-7-9-12-17/h5-12,16H,1,13H2,2-4H3,(H,21,22)/b15-10-,18-6+. The molecular weight excluding hydrogens is 270 g/mol. The van der Waals surface area contributed by atoms with Crippen molar-refractivity contribution in [1.29, 1.82) is 5.26 Å². The van der Waals surface area contributed by atoms with Crippen molar-refractivity contribution in [2.24, 2.45) is 10.9 Å². The van der Waals surface area contributed by atoms with Crippen molar-refractivity contribution in [3.05, 3.63) is 72.0 Å². The molecule has 22 heavy (non-hydrogen) atoms. The first kappa shape index (κ1) is 17.5. The highest BCUT2D eigenvalue weighted by Crippen LogP contribution is 2.15. The molecule has 0 aliphatic carbocycles. The van der Waals surface area contributed by atoms with Crippen LogP contribution in [0.3, 0.4) is 0 Å². The molecule has 0 radical (unpaired) electrons. The molecule has 0 fully saturated rings.